The number of aromatic nitrogens is 2. The number of carbonyl (C=O) groups is 1. The molecular weight excluding hydrogens is 328 g/mol. The van der Waals surface area contributed by atoms with E-state index in [0.29, 0.717) is 24.8 Å². The smallest absolute Gasteiger partial charge is 0.274 e. The van der Waals surface area contributed by atoms with E-state index in [1.54, 1.807) is 0 Å². The quantitative estimate of drug-likeness (QED) is 0.920. The fourth-order valence-electron chi connectivity index (χ4n) is 4.20. The number of nitrogens with one attached hydrogen (secondary N) is 1. The number of H-pyrrole nitrogens is 1. The van der Waals surface area contributed by atoms with E-state index in [1.165, 1.54) is 18.4 Å². The van der Waals surface area contributed by atoms with Gasteiger partial charge in [-0.2, -0.15) is 5.10 Å². The Morgan fingerprint density at radius 2 is 2.00 bits per heavy atom. The zero-order valence-corrected chi connectivity index (χ0v) is 14.8. The van der Waals surface area contributed by atoms with Crippen LogP contribution in [0.25, 0.3) is 0 Å². The summed E-state index contributed by atoms with van der Waals surface area (Å²) in [5.74, 6) is 0.619. The Kier molecular flexibility index (Phi) is 4.02. The highest BCUT2D eigenvalue weighted by Gasteiger charge is 2.38. The molecular formula is C20H24N4O2. The Bertz CT molecular complexity index is 786. The number of hydrogen-bond donors (Lipinski definition) is 1. The van der Waals surface area contributed by atoms with Gasteiger partial charge in [-0.05, 0) is 24.5 Å². The third kappa shape index (κ3) is 2.93. The second-order valence-electron chi connectivity index (χ2n) is 7.59. The lowest BCUT2D eigenvalue weighted by molar-refractivity contribution is -0.0770. The predicted molar refractivity (Wildman–Crippen MR) is 97.0 cm³/mol. The zero-order chi connectivity index (χ0) is 17.5. The number of ether oxygens (including phenoxy) is 1. The Hall–Kier alpha value is -2.18. The standard InChI is InChI=1S/C20H24N4O2/c25-20(18-10-17(21-22-18)14-6-7-14)23-8-9-24-16(11-23)12-26-13-19(24)15-4-2-1-3-5-15/h1-5,10,14,16,19H,6-9,11-13H2,(H,21,22)/t16-,19-/m1/s1. The summed E-state index contributed by atoms with van der Waals surface area (Å²) in [5, 5.41) is 7.30. The van der Waals surface area contributed by atoms with E-state index >= 15 is 0 Å². The molecule has 6 heteroatoms. The van der Waals surface area contributed by atoms with Crippen LogP contribution in [0.15, 0.2) is 36.4 Å². The van der Waals surface area contributed by atoms with Crippen molar-refractivity contribution in [1.82, 2.24) is 20.0 Å². The maximum atomic E-state index is 12.9. The van der Waals surface area contributed by atoms with Crippen LogP contribution in [-0.2, 0) is 4.74 Å². The van der Waals surface area contributed by atoms with Gasteiger partial charge in [0.1, 0.15) is 5.69 Å². The van der Waals surface area contributed by atoms with Crippen LogP contribution in [-0.4, -0.2) is 64.8 Å². The van der Waals surface area contributed by atoms with Crippen LogP contribution in [0.2, 0.25) is 0 Å². The number of piperazine rings is 1. The first-order chi connectivity index (χ1) is 12.8. The van der Waals surface area contributed by atoms with Gasteiger partial charge in [-0.25, -0.2) is 0 Å². The van der Waals surface area contributed by atoms with Crippen molar-refractivity contribution in [1.29, 1.82) is 0 Å². The number of morpholine rings is 1. The summed E-state index contributed by atoms with van der Waals surface area (Å²) in [6.07, 6.45) is 2.41. The molecule has 1 aromatic heterocycles. The summed E-state index contributed by atoms with van der Waals surface area (Å²) in [6.45, 7) is 3.72. The van der Waals surface area contributed by atoms with Gasteiger partial charge in [-0.15, -0.1) is 0 Å². The van der Waals surface area contributed by atoms with Gasteiger partial charge >= 0.3 is 0 Å². The molecule has 0 unspecified atom stereocenters. The van der Waals surface area contributed by atoms with E-state index in [2.05, 4.69) is 39.4 Å². The second-order valence-corrected chi connectivity index (χ2v) is 7.59. The monoisotopic (exact) mass is 352 g/mol. The first kappa shape index (κ1) is 16.0. The molecule has 2 saturated heterocycles. The van der Waals surface area contributed by atoms with Crippen molar-refractivity contribution < 1.29 is 9.53 Å². The van der Waals surface area contributed by atoms with E-state index in [0.717, 1.165) is 25.4 Å². The van der Waals surface area contributed by atoms with Crippen molar-refractivity contribution in [2.75, 3.05) is 32.8 Å². The third-order valence-corrected chi connectivity index (χ3v) is 5.82. The molecule has 1 N–H and O–H groups in total. The van der Waals surface area contributed by atoms with Crippen LogP contribution in [0.5, 0.6) is 0 Å². The van der Waals surface area contributed by atoms with E-state index in [1.807, 2.05) is 17.0 Å². The highest BCUT2D eigenvalue weighted by atomic mass is 16.5. The lowest BCUT2D eigenvalue weighted by atomic mass is 10.00. The largest absolute Gasteiger partial charge is 0.378 e. The van der Waals surface area contributed by atoms with Crippen molar-refractivity contribution in [3.63, 3.8) is 0 Å². The molecule has 3 fully saturated rings. The molecule has 26 heavy (non-hydrogen) atoms. The van der Waals surface area contributed by atoms with Crippen LogP contribution in [0, 0.1) is 0 Å². The second kappa shape index (κ2) is 6.52. The number of benzene rings is 1. The number of hydrogen-bond acceptors (Lipinski definition) is 4. The Labute approximate surface area is 153 Å². The van der Waals surface area contributed by atoms with Gasteiger partial charge in [0, 0.05) is 31.2 Å². The van der Waals surface area contributed by atoms with Gasteiger partial charge in [0.2, 0.25) is 0 Å². The Morgan fingerprint density at radius 3 is 2.81 bits per heavy atom. The molecule has 0 spiro atoms. The molecule has 1 aliphatic carbocycles. The van der Waals surface area contributed by atoms with Crippen LogP contribution in [0.1, 0.15) is 46.5 Å². The zero-order valence-electron chi connectivity index (χ0n) is 14.8. The topological polar surface area (TPSA) is 61.5 Å². The maximum absolute atomic E-state index is 12.9. The molecule has 1 aromatic carbocycles. The summed E-state index contributed by atoms with van der Waals surface area (Å²) >= 11 is 0. The van der Waals surface area contributed by atoms with Crippen LogP contribution < -0.4 is 0 Å². The van der Waals surface area contributed by atoms with E-state index in [9.17, 15) is 4.79 Å². The molecule has 1 saturated carbocycles. The average molecular weight is 352 g/mol. The molecule has 0 radical (unpaired) electrons. The highest BCUT2D eigenvalue weighted by molar-refractivity contribution is 5.92. The Balaban J connectivity index is 1.29. The summed E-state index contributed by atoms with van der Waals surface area (Å²) in [7, 11) is 0. The van der Waals surface area contributed by atoms with Gasteiger partial charge in [-0.3, -0.25) is 14.8 Å². The third-order valence-electron chi connectivity index (χ3n) is 5.82. The van der Waals surface area contributed by atoms with E-state index < -0.39 is 0 Å². The maximum Gasteiger partial charge on any atom is 0.274 e. The molecule has 6 nitrogen and oxygen atoms in total. The predicted octanol–water partition coefficient (Wildman–Crippen LogP) is 2.18. The first-order valence-electron chi connectivity index (χ1n) is 9.52. The van der Waals surface area contributed by atoms with Crippen LogP contribution >= 0.6 is 0 Å². The van der Waals surface area contributed by atoms with Crippen molar-refractivity contribution in [2.24, 2.45) is 0 Å². The number of rotatable bonds is 3. The van der Waals surface area contributed by atoms with Gasteiger partial charge in [-0.1, -0.05) is 30.3 Å². The minimum absolute atomic E-state index is 0.0367. The fourth-order valence-corrected chi connectivity index (χ4v) is 4.20. The number of nitrogens with zero attached hydrogens (tertiary/aromatic N) is 3. The summed E-state index contributed by atoms with van der Waals surface area (Å²) in [6, 6.07) is 13.0. The normalized spacial score (nSPS) is 26.5. The minimum atomic E-state index is 0.0367. The van der Waals surface area contributed by atoms with Crippen LogP contribution in [0.4, 0.5) is 0 Å². The number of fused-ring (bicyclic) bond motifs is 1. The summed E-state index contributed by atoms with van der Waals surface area (Å²) < 4.78 is 5.88. The number of amides is 1. The van der Waals surface area contributed by atoms with Gasteiger partial charge in [0.25, 0.3) is 5.91 Å². The molecule has 3 heterocycles. The Morgan fingerprint density at radius 1 is 1.15 bits per heavy atom. The lowest BCUT2D eigenvalue weighted by Crippen LogP contribution is -2.60. The van der Waals surface area contributed by atoms with E-state index in [4.69, 9.17) is 4.74 Å². The van der Waals surface area contributed by atoms with Crippen molar-refractivity contribution in [3.8, 4) is 0 Å². The van der Waals surface area contributed by atoms with E-state index in [-0.39, 0.29) is 18.0 Å². The van der Waals surface area contributed by atoms with Crippen molar-refractivity contribution >= 4 is 5.91 Å². The first-order valence-corrected chi connectivity index (χ1v) is 9.52. The van der Waals surface area contributed by atoms with Gasteiger partial charge in [0.15, 0.2) is 0 Å². The minimum Gasteiger partial charge on any atom is -0.378 e. The highest BCUT2D eigenvalue weighted by Crippen LogP contribution is 2.39. The molecule has 136 valence electrons. The number of carbonyl (C=O) groups excluding carboxylic acids is 1. The number of aromatic amines is 1. The molecule has 2 aliphatic heterocycles. The van der Waals surface area contributed by atoms with Crippen LogP contribution in [0.3, 0.4) is 0 Å². The lowest BCUT2D eigenvalue weighted by Gasteiger charge is -2.48. The molecule has 2 aromatic rings. The molecule has 5 rings (SSSR count). The molecule has 2 atom stereocenters. The average Bonchev–Trinajstić information content (AvgIpc) is 3.44. The molecule has 1 amide bonds. The summed E-state index contributed by atoms with van der Waals surface area (Å²) in [5.41, 5.74) is 2.95. The fraction of sp³-hybridized carbons (Fsp3) is 0.500. The van der Waals surface area contributed by atoms with Crippen molar-refractivity contribution in [3.05, 3.63) is 53.3 Å². The molecule has 3 aliphatic rings. The van der Waals surface area contributed by atoms with Gasteiger partial charge < -0.3 is 9.64 Å². The SMILES string of the molecule is O=C(c1cc(C2CC2)[nH]n1)N1CCN2[C@@H](COC[C@@H]2c2ccccc2)C1. The van der Waals surface area contributed by atoms with Crippen molar-refractivity contribution in [2.45, 2.75) is 30.8 Å². The molecule has 0 bridgehead atoms. The van der Waals surface area contributed by atoms with Gasteiger partial charge in [0.05, 0.1) is 25.3 Å². The summed E-state index contributed by atoms with van der Waals surface area (Å²) in [4.78, 5) is 17.3.